The minimum absolute atomic E-state index is 0.156. The number of amides is 3. The molecule has 0 saturated carbocycles. The Bertz CT molecular complexity index is 661. The van der Waals surface area contributed by atoms with E-state index in [1.807, 2.05) is 18.2 Å². The predicted octanol–water partition coefficient (Wildman–Crippen LogP) is 1.45. The summed E-state index contributed by atoms with van der Waals surface area (Å²) in [6.45, 7) is 2.78. The SMILES string of the molecule is CC(=O)NC[C@H]1CN(c2ccc3c(c2)N(C=O)CCCC3)C(=O)O1. The number of carbonyl (C=O) groups is 3. The van der Waals surface area contributed by atoms with Crippen molar-refractivity contribution in [1.82, 2.24) is 5.32 Å². The molecule has 0 aromatic heterocycles. The molecule has 2 aliphatic rings. The lowest BCUT2D eigenvalue weighted by Crippen LogP contribution is -2.33. The standard InChI is InChI=1S/C17H21N3O4/c1-12(22)18-9-15-10-20(17(23)24-15)14-6-5-13-4-2-3-7-19(11-21)16(13)8-14/h5-6,8,11,15H,2-4,7,9-10H2,1H3,(H,18,22)/t15-/m0/s1. The molecule has 1 N–H and O–H groups in total. The van der Waals surface area contributed by atoms with E-state index in [0.717, 1.165) is 36.9 Å². The lowest BCUT2D eigenvalue weighted by molar-refractivity contribution is -0.119. The molecule has 0 unspecified atom stereocenters. The fourth-order valence-corrected chi connectivity index (χ4v) is 3.12. The summed E-state index contributed by atoms with van der Waals surface area (Å²) in [6, 6.07) is 5.73. The van der Waals surface area contributed by atoms with Gasteiger partial charge in [-0.05, 0) is 37.0 Å². The number of benzene rings is 1. The first kappa shape index (κ1) is 16.3. The van der Waals surface area contributed by atoms with Crippen LogP contribution in [0.25, 0.3) is 0 Å². The smallest absolute Gasteiger partial charge is 0.414 e. The van der Waals surface area contributed by atoms with Crippen molar-refractivity contribution in [2.75, 3.05) is 29.4 Å². The van der Waals surface area contributed by atoms with Gasteiger partial charge in [0.15, 0.2) is 0 Å². The van der Waals surface area contributed by atoms with Crippen LogP contribution < -0.4 is 15.1 Å². The van der Waals surface area contributed by atoms with Crippen molar-refractivity contribution in [2.45, 2.75) is 32.3 Å². The van der Waals surface area contributed by atoms with Crippen LogP contribution in [0.2, 0.25) is 0 Å². The highest BCUT2D eigenvalue weighted by atomic mass is 16.6. The molecule has 3 rings (SSSR count). The molecule has 24 heavy (non-hydrogen) atoms. The minimum Gasteiger partial charge on any atom is -0.442 e. The van der Waals surface area contributed by atoms with Gasteiger partial charge in [-0.25, -0.2) is 4.79 Å². The maximum Gasteiger partial charge on any atom is 0.414 e. The molecule has 2 heterocycles. The highest BCUT2D eigenvalue weighted by Crippen LogP contribution is 2.31. The monoisotopic (exact) mass is 331 g/mol. The summed E-state index contributed by atoms with van der Waals surface area (Å²) >= 11 is 0. The Balaban J connectivity index is 1.80. The molecular weight excluding hydrogens is 310 g/mol. The quantitative estimate of drug-likeness (QED) is 0.847. The highest BCUT2D eigenvalue weighted by molar-refractivity contribution is 5.91. The fraction of sp³-hybridized carbons (Fsp3) is 0.471. The first-order valence-electron chi connectivity index (χ1n) is 8.16. The van der Waals surface area contributed by atoms with E-state index < -0.39 is 6.09 Å². The minimum atomic E-state index is -0.434. The number of nitrogens with one attached hydrogen (secondary N) is 1. The van der Waals surface area contributed by atoms with E-state index >= 15 is 0 Å². The Labute approximate surface area is 140 Å². The number of carbonyl (C=O) groups excluding carboxylic acids is 3. The average molecular weight is 331 g/mol. The summed E-state index contributed by atoms with van der Waals surface area (Å²) in [5.41, 5.74) is 2.68. The number of hydrogen-bond donors (Lipinski definition) is 1. The van der Waals surface area contributed by atoms with Crippen molar-refractivity contribution in [3.05, 3.63) is 23.8 Å². The molecular formula is C17H21N3O4. The molecule has 3 amide bonds. The van der Waals surface area contributed by atoms with Gasteiger partial charge in [-0.2, -0.15) is 0 Å². The lowest BCUT2D eigenvalue weighted by Gasteiger charge is -2.21. The number of cyclic esters (lactones) is 1. The van der Waals surface area contributed by atoms with Gasteiger partial charge >= 0.3 is 6.09 Å². The Kier molecular flexibility index (Phi) is 4.69. The largest absolute Gasteiger partial charge is 0.442 e. The number of fused-ring (bicyclic) bond motifs is 1. The molecule has 0 spiro atoms. The summed E-state index contributed by atoms with van der Waals surface area (Å²) in [6.07, 6.45) is 2.97. The van der Waals surface area contributed by atoms with E-state index in [-0.39, 0.29) is 12.0 Å². The maximum absolute atomic E-state index is 12.1. The van der Waals surface area contributed by atoms with E-state index in [1.54, 1.807) is 9.80 Å². The number of hydrogen-bond acceptors (Lipinski definition) is 4. The molecule has 0 aliphatic carbocycles. The summed E-state index contributed by atoms with van der Waals surface area (Å²) in [5.74, 6) is -0.156. The number of aryl methyl sites for hydroxylation is 1. The van der Waals surface area contributed by atoms with Crippen molar-refractivity contribution in [3.8, 4) is 0 Å². The van der Waals surface area contributed by atoms with Crippen LogP contribution in [0.15, 0.2) is 18.2 Å². The summed E-state index contributed by atoms with van der Waals surface area (Å²) in [4.78, 5) is 37.7. The summed E-state index contributed by atoms with van der Waals surface area (Å²) in [7, 11) is 0. The van der Waals surface area contributed by atoms with Crippen LogP contribution in [0.4, 0.5) is 16.2 Å². The van der Waals surface area contributed by atoms with Crippen LogP contribution in [0.1, 0.15) is 25.3 Å². The second kappa shape index (κ2) is 6.90. The first-order chi connectivity index (χ1) is 11.6. The molecule has 0 bridgehead atoms. The predicted molar refractivity (Wildman–Crippen MR) is 89.1 cm³/mol. The van der Waals surface area contributed by atoms with E-state index in [4.69, 9.17) is 4.74 Å². The Morgan fingerprint density at radius 1 is 1.42 bits per heavy atom. The molecule has 7 heteroatoms. The topological polar surface area (TPSA) is 79.0 Å². The zero-order chi connectivity index (χ0) is 17.1. The van der Waals surface area contributed by atoms with Gasteiger partial charge in [-0.3, -0.25) is 14.5 Å². The van der Waals surface area contributed by atoms with Gasteiger partial charge in [0.1, 0.15) is 6.10 Å². The van der Waals surface area contributed by atoms with E-state index in [0.29, 0.717) is 25.3 Å². The molecule has 1 aromatic rings. The van der Waals surface area contributed by atoms with Gasteiger partial charge < -0.3 is 15.0 Å². The first-order valence-corrected chi connectivity index (χ1v) is 8.16. The molecule has 1 saturated heterocycles. The second-order valence-corrected chi connectivity index (χ2v) is 6.12. The van der Waals surface area contributed by atoms with Crippen LogP contribution in [0.3, 0.4) is 0 Å². The molecule has 0 radical (unpaired) electrons. The summed E-state index contributed by atoms with van der Waals surface area (Å²) < 4.78 is 5.29. The molecule has 1 atom stereocenters. The van der Waals surface area contributed by atoms with Gasteiger partial charge in [0.25, 0.3) is 0 Å². The summed E-state index contributed by atoms with van der Waals surface area (Å²) in [5, 5.41) is 2.66. The van der Waals surface area contributed by atoms with E-state index in [1.165, 1.54) is 6.92 Å². The number of rotatable bonds is 4. The van der Waals surface area contributed by atoms with Crippen molar-refractivity contribution in [3.63, 3.8) is 0 Å². The van der Waals surface area contributed by atoms with Crippen LogP contribution in [-0.4, -0.2) is 44.1 Å². The number of nitrogens with zero attached hydrogens (tertiary/aromatic N) is 2. The van der Waals surface area contributed by atoms with Crippen molar-refractivity contribution in [2.24, 2.45) is 0 Å². The fourth-order valence-electron chi connectivity index (χ4n) is 3.12. The molecule has 2 aliphatic heterocycles. The van der Waals surface area contributed by atoms with Crippen molar-refractivity contribution >= 4 is 29.8 Å². The van der Waals surface area contributed by atoms with Crippen LogP contribution in [0.5, 0.6) is 0 Å². The Hall–Kier alpha value is -2.57. The van der Waals surface area contributed by atoms with Crippen LogP contribution in [-0.2, 0) is 20.7 Å². The van der Waals surface area contributed by atoms with Gasteiger partial charge in [-0.15, -0.1) is 0 Å². The number of ether oxygens (including phenoxy) is 1. The second-order valence-electron chi connectivity index (χ2n) is 6.12. The van der Waals surface area contributed by atoms with Gasteiger partial charge in [0.2, 0.25) is 12.3 Å². The van der Waals surface area contributed by atoms with Gasteiger partial charge in [0.05, 0.1) is 13.1 Å². The van der Waals surface area contributed by atoms with Crippen LogP contribution >= 0.6 is 0 Å². The van der Waals surface area contributed by atoms with Crippen molar-refractivity contribution in [1.29, 1.82) is 0 Å². The van der Waals surface area contributed by atoms with E-state index in [2.05, 4.69) is 5.32 Å². The van der Waals surface area contributed by atoms with Crippen molar-refractivity contribution < 1.29 is 19.1 Å². The number of anilines is 2. The normalized spacial score (nSPS) is 20.2. The third-order valence-corrected chi connectivity index (χ3v) is 4.37. The molecule has 1 aromatic carbocycles. The molecule has 128 valence electrons. The third-order valence-electron chi connectivity index (χ3n) is 4.37. The molecule has 7 nitrogen and oxygen atoms in total. The third kappa shape index (κ3) is 3.34. The average Bonchev–Trinajstić information content (AvgIpc) is 2.81. The Morgan fingerprint density at radius 3 is 3.00 bits per heavy atom. The maximum atomic E-state index is 12.1. The van der Waals surface area contributed by atoms with Gasteiger partial charge in [-0.1, -0.05) is 6.07 Å². The van der Waals surface area contributed by atoms with Crippen LogP contribution in [0, 0.1) is 0 Å². The zero-order valence-electron chi connectivity index (χ0n) is 13.7. The van der Waals surface area contributed by atoms with Gasteiger partial charge in [0, 0.05) is 24.8 Å². The lowest BCUT2D eigenvalue weighted by atomic mass is 10.1. The van der Waals surface area contributed by atoms with E-state index in [9.17, 15) is 14.4 Å². The molecule has 1 fully saturated rings. The highest BCUT2D eigenvalue weighted by Gasteiger charge is 2.33. The zero-order valence-corrected chi connectivity index (χ0v) is 13.7. The Morgan fingerprint density at radius 2 is 2.25 bits per heavy atom.